The Morgan fingerprint density at radius 3 is 2.71 bits per heavy atom. The van der Waals surface area contributed by atoms with Crippen LogP contribution in [0, 0.1) is 5.92 Å². The van der Waals surface area contributed by atoms with Crippen molar-refractivity contribution in [3.8, 4) is 5.75 Å². The molecular formula is C17H26N2O4S. The molecule has 6 nitrogen and oxygen atoms in total. The topological polar surface area (TPSA) is 66.9 Å². The molecule has 0 aliphatic carbocycles. The molecule has 0 aromatic heterocycles. The molecule has 1 aromatic carbocycles. The number of carbonyl (C=O) groups excluding carboxylic acids is 1. The van der Waals surface area contributed by atoms with Gasteiger partial charge in [-0.3, -0.25) is 9.10 Å². The van der Waals surface area contributed by atoms with Crippen LogP contribution in [0.3, 0.4) is 0 Å². The Kier molecular flexibility index (Phi) is 6.10. The SMILES string of the molecule is COc1ccccc1N(CCC(=O)N1CCCC(C)C1)S(C)(=O)=O. The molecule has 134 valence electrons. The number of piperidine rings is 1. The number of ether oxygens (including phenoxy) is 1. The number of rotatable bonds is 6. The molecule has 7 heteroatoms. The zero-order valence-corrected chi connectivity index (χ0v) is 15.4. The van der Waals surface area contributed by atoms with E-state index in [2.05, 4.69) is 6.92 Å². The molecule has 0 saturated carbocycles. The maximum absolute atomic E-state index is 12.4. The lowest BCUT2D eigenvalue weighted by atomic mass is 10.00. The van der Waals surface area contributed by atoms with Crippen molar-refractivity contribution in [2.24, 2.45) is 5.92 Å². The number of methoxy groups -OCH3 is 1. The summed E-state index contributed by atoms with van der Waals surface area (Å²) in [6.07, 6.45) is 3.46. The molecule has 1 saturated heterocycles. The highest BCUT2D eigenvalue weighted by atomic mass is 32.2. The van der Waals surface area contributed by atoms with Crippen LogP contribution < -0.4 is 9.04 Å². The number of sulfonamides is 1. The molecule has 0 spiro atoms. The van der Waals surface area contributed by atoms with Crippen molar-refractivity contribution in [1.82, 2.24) is 4.90 Å². The Balaban J connectivity index is 2.11. The smallest absolute Gasteiger partial charge is 0.232 e. The maximum Gasteiger partial charge on any atom is 0.232 e. The normalized spacial score (nSPS) is 18.3. The molecule has 0 radical (unpaired) electrons. The molecule has 1 aliphatic heterocycles. The van der Waals surface area contributed by atoms with E-state index in [4.69, 9.17) is 4.74 Å². The van der Waals surface area contributed by atoms with E-state index < -0.39 is 10.0 Å². The standard InChI is InChI=1S/C17H26N2O4S/c1-14-7-6-11-18(13-14)17(20)10-12-19(24(3,21)22)15-8-4-5-9-16(15)23-2/h4-5,8-9,14H,6-7,10-13H2,1-3H3. The predicted octanol–water partition coefficient (Wildman–Crippen LogP) is 2.11. The molecule has 0 N–H and O–H groups in total. The number of carbonyl (C=O) groups is 1. The summed E-state index contributed by atoms with van der Waals surface area (Å²) < 4.78 is 30.9. The van der Waals surface area contributed by atoms with Gasteiger partial charge in [-0.05, 0) is 30.9 Å². The van der Waals surface area contributed by atoms with Crippen LogP contribution in [0.1, 0.15) is 26.2 Å². The molecular weight excluding hydrogens is 328 g/mol. The third-order valence-corrected chi connectivity index (χ3v) is 5.47. The first-order chi connectivity index (χ1) is 11.3. The van der Waals surface area contributed by atoms with Crippen LogP contribution in [-0.4, -0.2) is 52.2 Å². The van der Waals surface area contributed by atoms with Gasteiger partial charge in [-0.1, -0.05) is 19.1 Å². The lowest BCUT2D eigenvalue weighted by Gasteiger charge is -2.32. The fourth-order valence-corrected chi connectivity index (χ4v) is 4.00. The van der Waals surface area contributed by atoms with Gasteiger partial charge in [-0.15, -0.1) is 0 Å². The van der Waals surface area contributed by atoms with Gasteiger partial charge in [0.2, 0.25) is 15.9 Å². The van der Waals surface area contributed by atoms with Crippen molar-refractivity contribution in [1.29, 1.82) is 0 Å². The van der Waals surface area contributed by atoms with Crippen LogP contribution >= 0.6 is 0 Å². The van der Waals surface area contributed by atoms with E-state index in [1.54, 1.807) is 24.3 Å². The van der Waals surface area contributed by atoms with Crippen LogP contribution in [-0.2, 0) is 14.8 Å². The highest BCUT2D eigenvalue weighted by Gasteiger charge is 2.25. The van der Waals surface area contributed by atoms with Crippen molar-refractivity contribution in [2.45, 2.75) is 26.2 Å². The zero-order chi connectivity index (χ0) is 17.7. The molecule has 1 atom stereocenters. The first kappa shape index (κ1) is 18.6. The highest BCUT2D eigenvalue weighted by Crippen LogP contribution is 2.29. The summed E-state index contributed by atoms with van der Waals surface area (Å²) in [6.45, 7) is 3.77. The number of hydrogen-bond donors (Lipinski definition) is 0. The van der Waals surface area contributed by atoms with Gasteiger partial charge < -0.3 is 9.64 Å². The van der Waals surface area contributed by atoms with E-state index >= 15 is 0 Å². The molecule has 0 bridgehead atoms. The summed E-state index contributed by atoms with van der Waals surface area (Å²) in [6, 6.07) is 6.93. The third kappa shape index (κ3) is 4.63. The van der Waals surface area contributed by atoms with Crippen LogP contribution in [0.2, 0.25) is 0 Å². The van der Waals surface area contributed by atoms with E-state index in [9.17, 15) is 13.2 Å². The van der Waals surface area contributed by atoms with Crippen LogP contribution in [0.5, 0.6) is 5.75 Å². The van der Waals surface area contributed by atoms with Crippen molar-refractivity contribution < 1.29 is 17.9 Å². The first-order valence-corrected chi connectivity index (χ1v) is 10.1. The zero-order valence-electron chi connectivity index (χ0n) is 14.6. The highest BCUT2D eigenvalue weighted by molar-refractivity contribution is 7.92. The number of para-hydroxylation sites is 2. The monoisotopic (exact) mass is 354 g/mol. The summed E-state index contributed by atoms with van der Waals surface area (Å²) in [5.41, 5.74) is 0.460. The lowest BCUT2D eigenvalue weighted by Crippen LogP contribution is -2.41. The molecule has 24 heavy (non-hydrogen) atoms. The fraction of sp³-hybridized carbons (Fsp3) is 0.588. The second-order valence-corrected chi connectivity index (χ2v) is 8.25. The second kappa shape index (κ2) is 7.88. The maximum atomic E-state index is 12.4. The second-order valence-electron chi connectivity index (χ2n) is 6.34. The van der Waals surface area contributed by atoms with Gasteiger partial charge in [0, 0.05) is 26.1 Å². The number of benzene rings is 1. The molecule has 1 aliphatic rings. The Hall–Kier alpha value is -1.76. The van der Waals surface area contributed by atoms with Gasteiger partial charge >= 0.3 is 0 Å². The Bertz CT molecular complexity index is 675. The number of nitrogens with zero attached hydrogens (tertiary/aromatic N) is 2. The summed E-state index contributed by atoms with van der Waals surface area (Å²) in [5, 5.41) is 0. The van der Waals surface area contributed by atoms with Crippen LogP contribution in [0.25, 0.3) is 0 Å². The molecule has 2 rings (SSSR count). The Morgan fingerprint density at radius 2 is 2.08 bits per heavy atom. The number of hydrogen-bond acceptors (Lipinski definition) is 4. The summed E-state index contributed by atoms with van der Waals surface area (Å²) in [5.74, 6) is 0.981. The van der Waals surface area contributed by atoms with E-state index in [-0.39, 0.29) is 18.9 Å². The van der Waals surface area contributed by atoms with Gasteiger partial charge in [-0.25, -0.2) is 8.42 Å². The minimum absolute atomic E-state index is 0.00472. The minimum atomic E-state index is -3.51. The molecule has 1 aromatic rings. The predicted molar refractivity (Wildman–Crippen MR) is 94.8 cm³/mol. The molecule has 1 amide bonds. The number of amides is 1. The third-order valence-electron chi connectivity index (χ3n) is 4.29. The average Bonchev–Trinajstić information content (AvgIpc) is 2.54. The number of likely N-dealkylation sites (tertiary alicyclic amines) is 1. The van der Waals surface area contributed by atoms with Gasteiger partial charge in [0.1, 0.15) is 5.75 Å². The minimum Gasteiger partial charge on any atom is -0.495 e. The van der Waals surface area contributed by atoms with Gasteiger partial charge in [0.25, 0.3) is 0 Å². The van der Waals surface area contributed by atoms with E-state index in [0.29, 0.717) is 17.4 Å². The summed E-state index contributed by atoms with van der Waals surface area (Å²) in [4.78, 5) is 14.3. The Morgan fingerprint density at radius 1 is 1.38 bits per heavy atom. The molecule has 1 fully saturated rings. The summed E-state index contributed by atoms with van der Waals surface area (Å²) >= 11 is 0. The van der Waals surface area contributed by atoms with E-state index in [1.807, 2.05) is 4.90 Å². The summed E-state index contributed by atoms with van der Waals surface area (Å²) in [7, 11) is -2.01. The van der Waals surface area contributed by atoms with Gasteiger partial charge in [0.15, 0.2) is 0 Å². The Labute approximate surface area is 144 Å². The van der Waals surface area contributed by atoms with Crippen LogP contribution in [0.4, 0.5) is 5.69 Å². The van der Waals surface area contributed by atoms with Crippen molar-refractivity contribution in [3.63, 3.8) is 0 Å². The first-order valence-electron chi connectivity index (χ1n) is 8.21. The lowest BCUT2D eigenvalue weighted by molar-refractivity contribution is -0.132. The van der Waals surface area contributed by atoms with E-state index in [1.165, 1.54) is 11.4 Å². The van der Waals surface area contributed by atoms with Crippen molar-refractivity contribution in [3.05, 3.63) is 24.3 Å². The fourth-order valence-electron chi connectivity index (χ4n) is 3.07. The molecule has 1 heterocycles. The van der Waals surface area contributed by atoms with Crippen molar-refractivity contribution in [2.75, 3.05) is 37.3 Å². The number of anilines is 1. The molecule has 1 unspecified atom stereocenters. The van der Waals surface area contributed by atoms with E-state index in [0.717, 1.165) is 32.2 Å². The van der Waals surface area contributed by atoms with Gasteiger partial charge in [-0.2, -0.15) is 0 Å². The quantitative estimate of drug-likeness (QED) is 0.785. The average molecular weight is 354 g/mol. The van der Waals surface area contributed by atoms with Crippen LogP contribution in [0.15, 0.2) is 24.3 Å². The largest absolute Gasteiger partial charge is 0.495 e. The van der Waals surface area contributed by atoms with Crippen molar-refractivity contribution >= 4 is 21.6 Å². The van der Waals surface area contributed by atoms with Gasteiger partial charge in [0.05, 0.1) is 19.1 Å².